The number of carbonyl (C=O) groups is 2. The fourth-order valence-electron chi connectivity index (χ4n) is 4.04. The first kappa shape index (κ1) is 26.1. The van der Waals surface area contributed by atoms with Gasteiger partial charge in [0.15, 0.2) is 0 Å². The van der Waals surface area contributed by atoms with Crippen molar-refractivity contribution in [2.75, 3.05) is 6.61 Å². The van der Waals surface area contributed by atoms with Crippen LogP contribution in [0.3, 0.4) is 0 Å². The van der Waals surface area contributed by atoms with Gasteiger partial charge in [-0.3, -0.25) is 9.97 Å². The average molecular weight is 528 g/mol. The first-order valence-electron chi connectivity index (χ1n) is 10.8. The van der Waals surface area contributed by atoms with Crippen LogP contribution < -0.4 is 5.32 Å². The van der Waals surface area contributed by atoms with Crippen LogP contribution >= 0.6 is 0 Å². The number of nitrogens with zero attached hydrogens (tertiary/aromatic N) is 3. The highest BCUT2D eigenvalue weighted by molar-refractivity contribution is 5.93. The van der Waals surface area contributed by atoms with Crippen LogP contribution in [0.5, 0.6) is 0 Å². The number of urea groups is 1. The maximum absolute atomic E-state index is 13.3. The molecule has 0 aliphatic carbocycles. The van der Waals surface area contributed by atoms with Crippen LogP contribution in [0.15, 0.2) is 48.9 Å². The number of imide groups is 1. The normalized spacial score (nSPS) is 18.2. The minimum atomic E-state index is -5.12. The SMILES string of the molecule is O=C(NCc1cncc2cccnc12)N1C(=O)O[C@H](c2cc(C(F)(F)F)cc(C(F)(F)F)c2)[C@@H]1CCO. The number of nitrogens with one attached hydrogen (secondary N) is 1. The zero-order valence-electron chi connectivity index (χ0n) is 18.7. The topological polar surface area (TPSA) is 105 Å². The molecule has 0 spiro atoms. The molecular formula is C23H18F6N4O4. The number of aliphatic hydroxyl groups excluding tert-OH is 1. The minimum Gasteiger partial charge on any atom is -0.439 e. The van der Waals surface area contributed by atoms with Crippen molar-refractivity contribution in [3.63, 3.8) is 0 Å². The van der Waals surface area contributed by atoms with E-state index in [-0.39, 0.29) is 19.0 Å². The second-order valence-corrected chi connectivity index (χ2v) is 8.13. The zero-order valence-corrected chi connectivity index (χ0v) is 18.7. The molecule has 37 heavy (non-hydrogen) atoms. The number of amides is 3. The summed E-state index contributed by atoms with van der Waals surface area (Å²) in [5.74, 6) is 0. The highest BCUT2D eigenvalue weighted by Crippen LogP contribution is 2.41. The fourth-order valence-corrected chi connectivity index (χ4v) is 4.04. The molecule has 1 aliphatic heterocycles. The van der Waals surface area contributed by atoms with Crippen molar-refractivity contribution >= 4 is 23.0 Å². The molecule has 8 nitrogen and oxygen atoms in total. The zero-order chi connectivity index (χ0) is 27.0. The van der Waals surface area contributed by atoms with Gasteiger partial charge in [0, 0.05) is 42.7 Å². The van der Waals surface area contributed by atoms with Crippen molar-refractivity contribution in [1.82, 2.24) is 20.2 Å². The molecule has 2 aromatic heterocycles. The highest BCUT2D eigenvalue weighted by atomic mass is 19.4. The summed E-state index contributed by atoms with van der Waals surface area (Å²) in [6.07, 6.45) is -9.07. The molecule has 196 valence electrons. The van der Waals surface area contributed by atoms with E-state index in [9.17, 15) is 41.0 Å². The quantitative estimate of drug-likeness (QED) is 0.460. The number of aliphatic hydroxyl groups is 1. The molecule has 2 N–H and O–H groups in total. The summed E-state index contributed by atoms with van der Waals surface area (Å²) in [6.45, 7) is -0.786. The van der Waals surface area contributed by atoms with E-state index in [1.165, 1.54) is 12.4 Å². The van der Waals surface area contributed by atoms with Gasteiger partial charge in [0.1, 0.15) is 6.10 Å². The summed E-state index contributed by atoms with van der Waals surface area (Å²) < 4.78 is 85.0. The molecule has 0 radical (unpaired) electrons. The maximum Gasteiger partial charge on any atom is 0.419 e. The molecule has 2 atom stereocenters. The van der Waals surface area contributed by atoms with E-state index in [2.05, 4.69) is 15.3 Å². The number of benzene rings is 1. The third-order valence-electron chi connectivity index (χ3n) is 5.70. The van der Waals surface area contributed by atoms with Gasteiger partial charge in [-0.05, 0) is 42.3 Å². The number of halogens is 6. The third kappa shape index (κ3) is 5.43. The van der Waals surface area contributed by atoms with Gasteiger partial charge in [0.2, 0.25) is 0 Å². The van der Waals surface area contributed by atoms with E-state index in [0.717, 1.165) is 0 Å². The molecule has 14 heteroatoms. The Kier molecular flexibility index (Phi) is 6.95. The largest absolute Gasteiger partial charge is 0.439 e. The molecule has 3 amide bonds. The molecule has 1 fully saturated rings. The van der Waals surface area contributed by atoms with Crippen molar-refractivity contribution in [2.24, 2.45) is 0 Å². The number of rotatable bonds is 5. The third-order valence-corrected chi connectivity index (χ3v) is 5.70. The lowest BCUT2D eigenvalue weighted by Gasteiger charge is -2.24. The number of cyclic esters (lactones) is 1. The number of alkyl halides is 6. The van der Waals surface area contributed by atoms with Crippen LogP contribution in [0.1, 0.15) is 34.8 Å². The van der Waals surface area contributed by atoms with Gasteiger partial charge in [0.05, 0.1) is 22.7 Å². The Hall–Kier alpha value is -3.94. The molecule has 3 aromatic rings. The molecule has 4 rings (SSSR count). The Labute approximate surface area is 204 Å². The number of aromatic nitrogens is 2. The second kappa shape index (κ2) is 9.84. The summed E-state index contributed by atoms with van der Waals surface area (Å²) >= 11 is 0. The van der Waals surface area contributed by atoms with Gasteiger partial charge in [-0.1, -0.05) is 0 Å². The molecule has 0 bridgehead atoms. The minimum absolute atomic E-state index is 0.0575. The van der Waals surface area contributed by atoms with Crippen LogP contribution in [0.25, 0.3) is 10.9 Å². The Bertz CT molecular complexity index is 1290. The number of ether oxygens (including phenoxy) is 1. The Morgan fingerprint density at radius 1 is 1.08 bits per heavy atom. The molecule has 0 unspecified atom stereocenters. The lowest BCUT2D eigenvalue weighted by Crippen LogP contribution is -2.45. The number of carbonyl (C=O) groups excluding carboxylic acids is 2. The predicted molar refractivity (Wildman–Crippen MR) is 115 cm³/mol. The number of fused-ring (bicyclic) bond motifs is 1. The summed E-state index contributed by atoms with van der Waals surface area (Å²) in [4.78, 5) is 34.3. The highest BCUT2D eigenvalue weighted by Gasteiger charge is 2.47. The molecule has 1 aromatic carbocycles. The Balaban J connectivity index is 1.63. The summed E-state index contributed by atoms with van der Waals surface area (Å²) in [6, 6.07) is 1.80. The van der Waals surface area contributed by atoms with Crippen molar-refractivity contribution < 1.29 is 45.8 Å². The van der Waals surface area contributed by atoms with Gasteiger partial charge in [-0.15, -0.1) is 0 Å². The molecular weight excluding hydrogens is 510 g/mol. The van der Waals surface area contributed by atoms with E-state index in [1.54, 1.807) is 18.3 Å². The smallest absolute Gasteiger partial charge is 0.419 e. The van der Waals surface area contributed by atoms with Crippen LogP contribution in [0, 0.1) is 0 Å². The maximum atomic E-state index is 13.3. The van der Waals surface area contributed by atoms with E-state index in [1.807, 2.05) is 0 Å². The van der Waals surface area contributed by atoms with Gasteiger partial charge < -0.3 is 15.2 Å². The average Bonchev–Trinajstić information content (AvgIpc) is 3.17. The van der Waals surface area contributed by atoms with Crippen molar-refractivity contribution in [2.45, 2.75) is 37.5 Å². The standard InChI is InChI=1S/C23H18F6N4O4/c24-22(25,26)15-6-13(7-16(8-15)23(27,28)29)19-17(3-5-34)33(21(36)37-19)20(35)32-11-14-10-30-9-12-2-1-4-31-18(12)14/h1-2,4,6-10,17,19,34H,3,5,11H2,(H,32,35)/t17-,19+/m0/s1. The Morgan fingerprint density at radius 2 is 1.76 bits per heavy atom. The van der Waals surface area contributed by atoms with E-state index in [0.29, 0.717) is 33.5 Å². The molecule has 3 heterocycles. The molecule has 1 aliphatic rings. The van der Waals surface area contributed by atoms with Gasteiger partial charge in [-0.2, -0.15) is 26.3 Å². The van der Waals surface area contributed by atoms with Crippen LogP contribution in [-0.2, 0) is 23.6 Å². The summed E-state index contributed by atoms with van der Waals surface area (Å²) in [5.41, 5.74) is -2.81. The number of pyridine rings is 2. The summed E-state index contributed by atoms with van der Waals surface area (Å²) in [7, 11) is 0. The van der Waals surface area contributed by atoms with E-state index in [4.69, 9.17) is 4.74 Å². The van der Waals surface area contributed by atoms with Crippen molar-refractivity contribution in [1.29, 1.82) is 0 Å². The first-order valence-corrected chi connectivity index (χ1v) is 10.8. The van der Waals surface area contributed by atoms with Crippen LogP contribution in [0.4, 0.5) is 35.9 Å². The first-order chi connectivity index (χ1) is 17.4. The van der Waals surface area contributed by atoms with Crippen LogP contribution in [0.2, 0.25) is 0 Å². The fraction of sp³-hybridized carbons (Fsp3) is 0.304. The van der Waals surface area contributed by atoms with Gasteiger partial charge in [-0.25, -0.2) is 14.5 Å². The lowest BCUT2D eigenvalue weighted by molar-refractivity contribution is -0.143. The van der Waals surface area contributed by atoms with Crippen molar-refractivity contribution in [3.8, 4) is 0 Å². The Morgan fingerprint density at radius 3 is 2.38 bits per heavy atom. The number of hydrogen-bond acceptors (Lipinski definition) is 6. The van der Waals surface area contributed by atoms with Gasteiger partial charge in [0.25, 0.3) is 0 Å². The summed E-state index contributed by atoms with van der Waals surface area (Å²) in [5, 5.41) is 12.6. The van der Waals surface area contributed by atoms with Gasteiger partial charge >= 0.3 is 24.5 Å². The lowest BCUT2D eigenvalue weighted by atomic mass is 9.95. The second-order valence-electron chi connectivity index (χ2n) is 8.13. The molecule has 1 saturated heterocycles. The predicted octanol–water partition coefficient (Wildman–Crippen LogP) is 4.82. The number of hydrogen-bond donors (Lipinski definition) is 2. The monoisotopic (exact) mass is 528 g/mol. The van der Waals surface area contributed by atoms with Crippen LogP contribution in [-0.4, -0.2) is 44.7 Å². The van der Waals surface area contributed by atoms with E-state index < -0.39 is 59.9 Å². The van der Waals surface area contributed by atoms with E-state index >= 15 is 0 Å². The molecule has 0 saturated carbocycles. The van der Waals surface area contributed by atoms with Crippen molar-refractivity contribution in [3.05, 3.63) is 71.2 Å².